The van der Waals surface area contributed by atoms with Gasteiger partial charge < -0.3 is 10.1 Å². The molecule has 4 rings (SSSR count). The van der Waals surface area contributed by atoms with Crippen molar-refractivity contribution in [1.82, 2.24) is 20.2 Å². The molecule has 30 heavy (non-hydrogen) atoms. The zero-order valence-corrected chi connectivity index (χ0v) is 16.7. The van der Waals surface area contributed by atoms with Crippen molar-refractivity contribution in [1.29, 1.82) is 0 Å². The molecule has 7 heteroatoms. The number of carbonyl (C=O) groups is 1. The van der Waals surface area contributed by atoms with Gasteiger partial charge in [0.1, 0.15) is 12.3 Å². The molecule has 0 atom stereocenters. The summed E-state index contributed by atoms with van der Waals surface area (Å²) in [5.74, 6) is 1.47. The van der Waals surface area contributed by atoms with Gasteiger partial charge in [0, 0.05) is 5.56 Å². The van der Waals surface area contributed by atoms with Crippen LogP contribution >= 0.6 is 0 Å². The highest BCUT2D eigenvalue weighted by Crippen LogP contribution is 2.29. The van der Waals surface area contributed by atoms with Crippen molar-refractivity contribution >= 4 is 11.6 Å². The quantitative estimate of drug-likeness (QED) is 0.520. The average molecular weight is 399 g/mol. The summed E-state index contributed by atoms with van der Waals surface area (Å²) in [6.07, 6.45) is 0. The van der Waals surface area contributed by atoms with Gasteiger partial charge in [-0.3, -0.25) is 4.79 Å². The van der Waals surface area contributed by atoms with Gasteiger partial charge in [-0.05, 0) is 48.9 Å². The number of para-hydroxylation sites is 2. The fraction of sp³-hybridized carbons (Fsp3) is 0.130. The first kappa shape index (κ1) is 19.3. The zero-order chi connectivity index (χ0) is 20.9. The van der Waals surface area contributed by atoms with Gasteiger partial charge >= 0.3 is 0 Å². The highest BCUT2D eigenvalue weighted by atomic mass is 16.5. The number of amides is 1. The molecule has 1 amide bonds. The number of nitrogens with one attached hydrogen (secondary N) is 1. The molecule has 0 saturated heterocycles. The van der Waals surface area contributed by atoms with Gasteiger partial charge in [0.15, 0.2) is 5.75 Å². The number of ether oxygens (including phenoxy) is 1. The Hall–Kier alpha value is -4.00. The third-order valence-corrected chi connectivity index (χ3v) is 4.53. The molecule has 0 aliphatic carbocycles. The summed E-state index contributed by atoms with van der Waals surface area (Å²) in [6, 6.07) is 22.8. The molecular weight excluding hydrogens is 378 g/mol. The fourth-order valence-corrected chi connectivity index (χ4v) is 2.95. The van der Waals surface area contributed by atoms with Crippen molar-refractivity contribution in [2.75, 3.05) is 5.32 Å². The number of nitrogens with zero attached hydrogens (tertiary/aromatic N) is 4. The number of rotatable bonds is 6. The van der Waals surface area contributed by atoms with Gasteiger partial charge in [-0.1, -0.05) is 54.1 Å². The van der Waals surface area contributed by atoms with Crippen LogP contribution in [0.4, 0.5) is 5.69 Å². The molecule has 0 fully saturated rings. The van der Waals surface area contributed by atoms with Crippen molar-refractivity contribution in [3.05, 3.63) is 83.9 Å². The minimum atomic E-state index is -0.274. The number of benzene rings is 3. The second-order valence-electron chi connectivity index (χ2n) is 6.92. The van der Waals surface area contributed by atoms with Crippen LogP contribution < -0.4 is 10.1 Å². The van der Waals surface area contributed by atoms with E-state index in [4.69, 9.17) is 4.74 Å². The van der Waals surface area contributed by atoms with Gasteiger partial charge in [0.25, 0.3) is 0 Å². The lowest BCUT2D eigenvalue weighted by atomic mass is 10.1. The van der Waals surface area contributed by atoms with Crippen molar-refractivity contribution in [3.8, 4) is 22.9 Å². The summed E-state index contributed by atoms with van der Waals surface area (Å²) in [5.41, 5.74) is 3.65. The first-order chi connectivity index (χ1) is 14.6. The molecule has 0 bridgehead atoms. The van der Waals surface area contributed by atoms with Gasteiger partial charge in [-0.15, -0.1) is 10.2 Å². The molecule has 3 aromatic carbocycles. The minimum absolute atomic E-state index is 0.0578. The van der Waals surface area contributed by atoms with E-state index in [-0.39, 0.29) is 12.5 Å². The van der Waals surface area contributed by atoms with E-state index in [1.54, 1.807) is 12.1 Å². The molecule has 0 aliphatic rings. The second-order valence-corrected chi connectivity index (χ2v) is 6.92. The standard InChI is InChI=1S/C23H21N5O2/c1-16-11-13-18(14-12-16)30-21-10-6-5-9-20(21)24-22(29)15-28-26-23(25-27-28)19-8-4-3-7-17(19)2/h3-14H,15H2,1-2H3,(H,24,29). The number of hydrogen-bond donors (Lipinski definition) is 1. The minimum Gasteiger partial charge on any atom is -0.455 e. The number of anilines is 1. The Labute approximate surface area is 174 Å². The van der Waals surface area contributed by atoms with Crippen LogP contribution in [0.3, 0.4) is 0 Å². The maximum Gasteiger partial charge on any atom is 0.248 e. The molecule has 1 aromatic heterocycles. The molecule has 0 radical (unpaired) electrons. The van der Waals surface area contributed by atoms with E-state index in [1.165, 1.54) is 4.80 Å². The van der Waals surface area contributed by atoms with Crippen molar-refractivity contribution < 1.29 is 9.53 Å². The number of hydrogen-bond acceptors (Lipinski definition) is 5. The van der Waals surface area contributed by atoms with Crippen molar-refractivity contribution in [2.45, 2.75) is 20.4 Å². The number of aryl methyl sites for hydroxylation is 2. The van der Waals surface area contributed by atoms with Crippen LogP contribution in [0.15, 0.2) is 72.8 Å². The molecule has 0 spiro atoms. The molecule has 0 aliphatic heterocycles. The predicted octanol–water partition coefficient (Wildman–Crippen LogP) is 4.39. The molecule has 7 nitrogen and oxygen atoms in total. The predicted molar refractivity (Wildman–Crippen MR) is 114 cm³/mol. The summed E-state index contributed by atoms with van der Waals surface area (Å²) in [6.45, 7) is 3.94. The molecule has 1 N–H and O–H groups in total. The van der Waals surface area contributed by atoms with E-state index in [0.29, 0.717) is 23.0 Å². The van der Waals surface area contributed by atoms with E-state index in [9.17, 15) is 4.79 Å². The normalized spacial score (nSPS) is 10.6. The van der Waals surface area contributed by atoms with E-state index < -0.39 is 0 Å². The molecule has 150 valence electrons. The summed E-state index contributed by atoms with van der Waals surface area (Å²) >= 11 is 0. The smallest absolute Gasteiger partial charge is 0.248 e. The van der Waals surface area contributed by atoms with E-state index in [1.807, 2.05) is 74.5 Å². The van der Waals surface area contributed by atoms with Gasteiger partial charge in [0.2, 0.25) is 11.7 Å². The second kappa shape index (κ2) is 8.57. The molecule has 0 unspecified atom stereocenters. The van der Waals surface area contributed by atoms with Crippen LogP contribution in [0.5, 0.6) is 11.5 Å². The van der Waals surface area contributed by atoms with Crippen LogP contribution in [0, 0.1) is 13.8 Å². The Bertz CT molecular complexity index is 1170. The maximum atomic E-state index is 12.5. The lowest BCUT2D eigenvalue weighted by Gasteiger charge is -2.12. The van der Waals surface area contributed by atoms with Crippen LogP contribution in [0.2, 0.25) is 0 Å². The molecule has 4 aromatic rings. The Balaban J connectivity index is 1.45. The SMILES string of the molecule is Cc1ccc(Oc2ccccc2NC(=O)Cn2nnc(-c3ccccc3C)n2)cc1. The highest BCUT2D eigenvalue weighted by Gasteiger charge is 2.13. The molecule has 0 saturated carbocycles. The number of carbonyl (C=O) groups excluding carboxylic acids is 1. The summed E-state index contributed by atoms with van der Waals surface area (Å²) < 4.78 is 5.93. The van der Waals surface area contributed by atoms with E-state index in [2.05, 4.69) is 20.7 Å². The van der Waals surface area contributed by atoms with Crippen LogP contribution in [-0.4, -0.2) is 26.1 Å². The van der Waals surface area contributed by atoms with Crippen molar-refractivity contribution in [2.24, 2.45) is 0 Å². The lowest BCUT2D eigenvalue weighted by Crippen LogP contribution is -2.20. The zero-order valence-electron chi connectivity index (χ0n) is 16.7. The molecule has 1 heterocycles. The Morgan fingerprint density at radius 3 is 2.50 bits per heavy atom. The first-order valence-corrected chi connectivity index (χ1v) is 9.56. The lowest BCUT2D eigenvalue weighted by molar-refractivity contribution is -0.117. The van der Waals surface area contributed by atoms with Gasteiger partial charge in [-0.2, -0.15) is 4.80 Å². The van der Waals surface area contributed by atoms with Crippen LogP contribution in [0.25, 0.3) is 11.4 Å². The fourth-order valence-electron chi connectivity index (χ4n) is 2.95. The molecular formula is C23H21N5O2. The largest absolute Gasteiger partial charge is 0.455 e. The third-order valence-electron chi connectivity index (χ3n) is 4.53. The first-order valence-electron chi connectivity index (χ1n) is 9.56. The number of aromatic nitrogens is 4. The highest BCUT2D eigenvalue weighted by molar-refractivity contribution is 5.92. The van der Waals surface area contributed by atoms with Gasteiger partial charge in [-0.25, -0.2) is 0 Å². The topological polar surface area (TPSA) is 81.9 Å². The summed E-state index contributed by atoms with van der Waals surface area (Å²) in [5, 5.41) is 15.2. The van der Waals surface area contributed by atoms with E-state index in [0.717, 1.165) is 16.7 Å². The maximum absolute atomic E-state index is 12.5. The van der Waals surface area contributed by atoms with Gasteiger partial charge in [0.05, 0.1) is 5.69 Å². The Kier molecular flexibility index (Phi) is 5.52. The summed E-state index contributed by atoms with van der Waals surface area (Å²) in [7, 11) is 0. The van der Waals surface area contributed by atoms with Crippen molar-refractivity contribution in [3.63, 3.8) is 0 Å². The monoisotopic (exact) mass is 399 g/mol. The Morgan fingerprint density at radius 2 is 1.70 bits per heavy atom. The average Bonchev–Trinajstić information content (AvgIpc) is 3.19. The van der Waals surface area contributed by atoms with Crippen LogP contribution in [0.1, 0.15) is 11.1 Å². The summed E-state index contributed by atoms with van der Waals surface area (Å²) in [4.78, 5) is 13.8. The van der Waals surface area contributed by atoms with Crippen LogP contribution in [-0.2, 0) is 11.3 Å². The third kappa shape index (κ3) is 4.52. The Morgan fingerprint density at radius 1 is 0.967 bits per heavy atom. The van der Waals surface area contributed by atoms with E-state index >= 15 is 0 Å². The number of tetrazole rings is 1.